The summed E-state index contributed by atoms with van der Waals surface area (Å²) < 4.78 is 0.868. The Bertz CT molecular complexity index is 581. The number of H-pyrrole nitrogens is 1. The van der Waals surface area contributed by atoms with Crippen LogP contribution in [0.2, 0.25) is 0 Å². The molecule has 0 spiro atoms. The number of benzene rings is 1. The van der Waals surface area contributed by atoms with Crippen molar-refractivity contribution in [3.05, 3.63) is 45.7 Å². The van der Waals surface area contributed by atoms with Crippen LogP contribution in [-0.4, -0.2) is 10.9 Å². The van der Waals surface area contributed by atoms with E-state index < -0.39 is 0 Å². The van der Waals surface area contributed by atoms with Crippen molar-refractivity contribution >= 4 is 33.2 Å². The summed E-state index contributed by atoms with van der Waals surface area (Å²) in [5, 5.41) is 2.86. The van der Waals surface area contributed by atoms with Gasteiger partial charge >= 0.3 is 0 Å². The molecular formula is C13H14BrN3O. The molecule has 0 fully saturated rings. The first-order chi connectivity index (χ1) is 8.47. The third-order valence-corrected chi connectivity index (χ3v) is 3.25. The molecule has 0 radical (unpaired) electrons. The first-order valence-corrected chi connectivity index (χ1v) is 6.28. The summed E-state index contributed by atoms with van der Waals surface area (Å²) in [6.45, 7) is 3.96. The lowest BCUT2D eigenvalue weighted by molar-refractivity contribution is 0.102. The first-order valence-electron chi connectivity index (χ1n) is 5.49. The first kappa shape index (κ1) is 12.7. The minimum atomic E-state index is -0.209. The number of nitrogens with one attached hydrogen (secondary N) is 2. The van der Waals surface area contributed by atoms with E-state index in [2.05, 4.69) is 26.2 Å². The summed E-state index contributed by atoms with van der Waals surface area (Å²) >= 11 is 3.45. The quantitative estimate of drug-likeness (QED) is 0.797. The third-order valence-electron chi connectivity index (χ3n) is 2.62. The molecule has 18 heavy (non-hydrogen) atoms. The predicted molar refractivity (Wildman–Crippen MR) is 76.8 cm³/mol. The van der Waals surface area contributed by atoms with Gasteiger partial charge in [-0.1, -0.05) is 6.07 Å². The maximum atomic E-state index is 12.0. The van der Waals surface area contributed by atoms with Gasteiger partial charge in [-0.05, 0) is 53.0 Å². The van der Waals surface area contributed by atoms with Crippen LogP contribution < -0.4 is 11.1 Å². The summed E-state index contributed by atoms with van der Waals surface area (Å²) in [4.78, 5) is 14.8. The largest absolute Gasteiger partial charge is 0.397 e. The Balaban J connectivity index is 2.27. The molecule has 94 valence electrons. The fraction of sp³-hybridized carbons (Fsp3) is 0.154. The molecule has 0 atom stereocenters. The van der Waals surface area contributed by atoms with Crippen LogP contribution in [0.5, 0.6) is 0 Å². The van der Waals surface area contributed by atoms with Gasteiger partial charge in [-0.3, -0.25) is 4.79 Å². The zero-order valence-corrected chi connectivity index (χ0v) is 11.8. The van der Waals surface area contributed by atoms with Crippen LogP contribution >= 0.6 is 15.9 Å². The number of aromatic amines is 1. The van der Waals surface area contributed by atoms with E-state index in [9.17, 15) is 4.79 Å². The number of nitrogen functional groups attached to an aromatic ring is 1. The van der Waals surface area contributed by atoms with Gasteiger partial charge in [0.1, 0.15) is 5.69 Å². The number of amides is 1. The average Bonchev–Trinajstić information content (AvgIpc) is 2.70. The van der Waals surface area contributed by atoms with Crippen molar-refractivity contribution in [2.45, 2.75) is 13.8 Å². The topological polar surface area (TPSA) is 70.9 Å². The number of hydrogen-bond acceptors (Lipinski definition) is 2. The van der Waals surface area contributed by atoms with E-state index in [4.69, 9.17) is 5.73 Å². The molecule has 0 aliphatic rings. The molecule has 0 aliphatic carbocycles. The number of halogens is 1. The van der Waals surface area contributed by atoms with Gasteiger partial charge < -0.3 is 16.0 Å². The van der Waals surface area contributed by atoms with Crippen molar-refractivity contribution < 1.29 is 4.79 Å². The van der Waals surface area contributed by atoms with Crippen LogP contribution in [0, 0.1) is 13.8 Å². The molecular weight excluding hydrogens is 294 g/mol. The molecule has 4 N–H and O–H groups in total. The minimum absolute atomic E-state index is 0.209. The third kappa shape index (κ3) is 2.56. The number of hydrogen-bond donors (Lipinski definition) is 3. The fourth-order valence-electron chi connectivity index (χ4n) is 1.80. The zero-order valence-electron chi connectivity index (χ0n) is 10.2. The second-order valence-corrected chi connectivity index (χ2v) is 5.09. The molecule has 5 heteroatoms. The van der Waals surface area contributed by atoms with Gasteiger partial charge in [0.05, 0.1) is 5.69 Å². The zero-order chi connectivity index (χ0) is 13.3. The summed E-state index contributed by atoms with van der Waals surface area (Å²) in [6.07, 6.45) is 1.59. The molecule has 0 aliphatic heterocycles. The van der Waals surface area contributed by atoms with Crippen molar-refractivity contribution in [2.24, 2.45) is 0 Å². The van der Waals surface area contributed by atoms with Crippen molar-refractivity contribution in [1.82, 2.24) is 4.98 Å². The molecule has 1 aromatic heterocycles. The summed E-state index contributed by atoms with van der Waals surface area (Å²) in [5.41, 5.74) is 9.48. The van der Waals surface area contributed by atoms with Crippen molar-refractivity contribution in [1.29, 1.82) is 0 Å². The molecule has 2 aromatic rings. The van der Waals surface area contributed by atoms with Crippen LogP contribution in [-0.2, 0) is 0 Å². The summed E-state index contributed by atoms with van der Waals surface area (Å²) in [7, 11) is 0. The average molecular weight is 308 g/mol. The summed E-state index contributed by atoms with van der Waals surface area (Å²) in [5.74, 6) is -0.209. The summed E-state index contributed by atoms with van der Waals surface area (Å²) in [6, 6.07) is 5.59. The number of carbonyl (C=O) groups is 1. The fourth-order valence-corrected chi connectivity index (χ4v) is 2.57. The van der Waals surface area contributed by atoms with Crippen LogP contribution in [0.1, 0.15) is 21.6 Å². The molecule has 1 heterocycles. The van der Waals surface area contributed by atoms with Gasteiger partial charge in [0.25, 0.3) is 5.91 Å². The second kappa shape index (κ2) is 4.86. The maximum Gasteiger partial charge on any atom is 0.272 e. The molecule has 0 unspecified atom stereocenters. The van der Waals surface area contributed by atoms with Crippen molar-refractivity contribution in [3.8, 4) is 0 Å². The van der Waals surface area contributed by atoms with Gasteiger partial charge in [-0.2, -0.15) is 0 Å². The SMILES string of the molecule is Cc1cc(C)c(NC(=O)c2cc(N)c[nH]2)c(Br)c1. The highest BCUT2D eigenvalue weighted by Gasteiger charge is 2.12. The van der Waals surface area contributed by atoms with E-state index in [1.165, 1.54) is 0 Å². The Kier molecular flexibility index (Phi) is 3.43. The maximum absolute atomic E-state index is 12.0. The number of aromatic nitrogens is 1. The highest BCUT2D eigenvalue weighted by Crippen LogP contribution is 2.28. The molecule has 4 nitrogen and oxygen atoms in total. The molecule has 2 rings (SSSR count). The van der Waals surface area contributed by atoms with E-state index in [0.717, 1.165) is 21.3 Å². The Morgan fingerprint density at radius 3 is 2.61 bits per heavy atom. The Labute approximate surface area is 114 Å². The number of anilines is 2. The molecule has 1 amide bonds. The smallest absolute Gasteiger partial charge is 0.272 e. The van der Waals surface area contributed by atoms with Gasteiger partial charge in [0.15, 0.2) is 0 Å². The van der Waals surface area contributed by atoms with Crippen LogP contribution in [0.15, 0.2) is 28.9 Å². The number of aryl methyl sites for hydroxylation is 2. The molecule has 1 aromatic carbocycles. The monoisotopic (exact) mass is 307 g/mol. The van der Waals surface area contributed by atoms with Gasteiger partial charge in [-0.15, -0.1) is 0 Å². The minimum Gasteiger partial charge on any atom is -0.397 e. The molecule has 0 saturated heterocycles. The number of nitrogens with two attached hydrogens (primary N) is 1. The van der Waals surface area contributed by atoms with E-state index in [1.807, 2.05) is 26.0 Å². The van der Waals surface area contributed by atoms with E-state index in [0.29, 0.717) is 11.4 Å². The second-order valence-electron chi connectivity index (χ2n) is 4.24. The Hall–Kier alpha value is -1.75. The van der Waals surface area contributed by atoms with Crippen molar-refractivity contribution in [2.75, 3.05) is 11.1 Å². The van der Waals surface area contributed by atoms with Gasteiger partial charge in [0, 0.05) is 16.4 Å². The van der Waals surface area contributed by atoms with Crippen LogP contribution in [0.25, 0.3) is 0 Å². The Morgan fingerprint density at radius 2 is 2.06 bits per heavy atom. The van der Waals surface area contributed by atoms with E-state index in [1.54, 1.807) is 12.3 Å². The van der Waals surface area contributed by atoms with Gasteiger partial charge in [-0.25, -0.2) is 0 Å². The number of carbonyl (C=O) groups excluding carboxylic acids is 1. The molecule has 0 bridgehead atoms. The highest BCUT2D eigenvalue weighted by molar-refractivity contribution is 9.10. The van der Waals surface area contributed by atoms with Crippen LogP contribution in [0.4, 0.5) is 11.4 Å². The lowest BCUT2D eigenvalue weighted by atomic mass is 10.1. The lowest BCUT2D eigenvalue weighted by Gasteiger charge is -2.11. The standard InChI is InChI=1S/C13H14BrN3O/c1-7-3-8(2)12(10(14)4-7)17-13(18)11-5-9(15)6-16-11/h3-6,16H,15H2,1-2H3,(H,17,18). The lowest BCUT2D eigenvalue weighted by Crippen LogP contribution is -2.13. The molecule has 0 saturated carbocycles. The van der Waals surface area contributed by atoms with E-state index in [-0.39, 0.29) is 5.91 Å². The predicted octanol–water partition coefficient (Wildman–Crippen LogP) is 3.23. The highest BCUT2D eigenvalue weighted by atomic mass is 79.9. The van der Waals surface area contributed by atoms with Crippen molar-refractivity contribution in [3.63, 3.8) is 0 Å². The van der Waals surface area contributed by atoms with Gasteiger partial charge in [0.2, 0.25) is 0 Å². The Morgan fingerprint density at radius 1 is 1.33 bits per heavy atom. The van der Waals surface area contributed by atoms with E-state index >= 15 is 0 Å². The van der Waals surface area contributed by atoms with Crippen LogP contribution in [0.3, 0.4) is 0 Å². The number of rotatable bonds is 2. The normalized spacial score (nSPS) is 10.4.